The number of rotatable bonds is 8. The average Bonchev–Trinajstić information content (AvgIpc) is 2.65. The Balaban J connectivity index is 2.29. The fourth-order valence-electron chi connectivity index (χ4n) is 2.83. The normalized spacial score (nSPS) is 12.2. The zero-order valence-electron chi connectivity index (χ0n) is 17.7. The second-order valence-electron chi connectivity index (χ2n) is 7.34. The van der Waals surface area contributed by atoms with Crippen LogP contribution in [0.15, 0.2) is 53.4 Å². The summed E-state index contributed by atoms with van der Waals surface area (Å²) in [5, 5.41) is 2.77. The SMILES string of the molecule is CC(C)c1ccccc1NC(=O)CN(c1ccc(S(=O)(=O)N(C)C)cc1)S(C)(=O)=O. The van der Waals surface area contributed by atoms with E-state index >= 15 is 0 Å². The van der Waals surface area contributed by atoms with Gasteiger partial charge in [0, 0.05) is 19.8 Å². The van der Waals surface area contributed by atoms with Gasteiger partial charge in [0.1, 0.15) is 6.54 Å². The minimum atomic E-state index is -3.78. The van der Waals surface area contributed by atoms with Gasteiger partial charge >= 0.3 is 0 Å². The Morgan fingerprint density at radius 1 is 0.967 bits per heavy atom. The van der Waals surface area contributed by atoms with Crippen molar-refractivity contribution in [1.29, 1.82) is 0 Å². The van der Waals surface area contributed by atoms with E-state index in [-0.39, 0.29) is 16.5 Å². The molecule has 10 heteroatoms. The monoisotopic (exact) mass is 453 g/mol. The number of nitrogens with zero attached hydrogens (tertiary/aromatic N) is 2. The van der Waals surface area contributed by atoms with Crippen molar-refractivity contribution in [3.8, 4) is 0 Å². The third-order valence-electron chi connectivity index (χ3n) is 4.45. The third kappa shape index (κ3) is 5.59. The van der Waals surface area contributed by atoms with E-state index < -0.39 is 32.5 Å². The van der Waals surface area contributed by atoms with Crippen LogP contribution >= 0.6 is 0 Å². The van der Waals surface area contributed by atoms with Gasteiger partial charge in [0.15, 0.2) is 0 Å². The zero-order chi connectivity index (χ0) is 22.7. The van der Waals surface area contributed by atoms with Gasteiger partial charge in [0.25, 0.3) is 0 Å². The Kier molecular flexibility index (Phi) is 7.27. The Labute approximate surface area is 178 Å². The van der Waals surface area contributed by atoms with Gasteiger partial charge in [-0.1, -0.05) is 32.0 Å². The minimum Gasteiger partial charge on any atom is -0.324 e. The van der Waals surface area contributed by atoms with E-state index in [9.17, 15) is 21.6 Å². The predicted octanol–water partition coefficient (Wildman–Crippen LogP) is 2.47. The first-order valence-corrected chi connectivity index (χ1v) is 12.5. The molecule has 0 aliphatic heterocycles. The molecule has 0 atom stereocenters. The predicted molar refractivity (Wildman–Crippen MR) is 119 cm³/mol. The minimum absolute atomic E-state index is 0.0278. The number of hydrogen-bond acceptors (Lipinski definition) is 5. The van der Waals surface area contributed by atoms with Crippen molar-refractivity contribution in [2.24, 2.45) is 0 Å². The summed E-state index contributed by atoms with van der Waals surface area (Å²) in [5.41, 5.74) is 1.76. The number of nitrogens with one attached hydrogen (secondary N) is 1. The number of benzene rings is 2. The molecule has 1 N–H and O–H groups in total. The number of carbonyl (C=O) groups is 1. The van der Waals surface area contributed by atoms with Gasteiger partial charge < -0.3 is 5.32 Å². The summed E-state index contributed by atoms with van der Waals surface area (Å²) < 4.78 is 51.0. The Morgan fingerprint density at radius 2 is 1.53 bits per heavy atom. The van der Waals surface area contributed by atoms with Crippen molar-refractivity contribution in [3.05, 3.63) is 54.1 Å². The molecule has 0 heterocycles. The van der Waals surface area contributed by atoms with Crippen LogP contribution in [0, 0.1) is 0 Å². The molecule has 2 aromatic rings. The van der Waals surface area contributed by atoms with E-state index in [1.54, 1.807) is 12.1 Å². The summed E-state index contributed by atoms with van der Waals surface area (Å²) in [5.74, 6) is -0.322. The van der Waals surface area contributed by atoms with Crippen molar-refractivity contribution < 1.29 is 21.6 Å². The molecule has 0 saturated heterocycles. The van der Waals surface area contributed by atoms with Crippen LogP contribution in [-0.2, 0) is 24.8 Å². The van der Waals surface area contributed by atoms with Crippen LogP contribution in [0.25, 0.3) is 0 Å². The fourth-order valence-corrected chi connectivity index (χ4v) is 4.59. The molecular formula is C20H27N3O5S2. The average molecular weight is 454 g/mol. The highest BCUT2D eigenvalue weighted by atomic mass is 32.2. The fraction of sp³-hybridized carbons (Fsp3) is 0.350. The van der Waals surface area contributed by atoms with Crippen LogP contribution < -0.4 is 9.62 Å². The van der Waals surface area contributed by atoms with E-state index in [1.807, 2.05) is 26.0 Å². The number of carbonyl (C=O) groups excluding carboxylic acids is 1. The molecule has 0 bridgehead atoms. The number of sulfonamides is 2. The van der Waals surface area contributed by atoms with Crippen molar-refractivity contribution in [3.63, 3.8) is 0 Å². The molecule has 0 spiro atoms. The smallest absolute Gasteiger partial charge is 0.245 e. The number of para-hydroxylation sites is 1. The first kappa shape index (κ1) is 23.8. The van der Waals surface area contributed by atoms with Crippen molar-refractivity contribution in [1.82, 2.24) is 4.31 Å². The molecular weight excluding hydrogens is 426 g/mol. The summed E-state index contributed by atoms with van der Waals surface area (Å²) in [7, 11) is -4.61. The molecule has 30 heavy (non-hydrogen) atoms. The van der Waals surface area contributed by atoms with Crippen molar-refractivity contribution >= 4 is 37.3 Å². The molecule has 0 aliphatic carbocycles. The van der Waals surface area contributed by atoms with Crippen LogP contribution in [-0.4, -0.2) is 53.9 Å². The van der Waals surface area contributed by atoms with E-state index in [1.165, 1.54) is 38.4 Å². The van der Waals surface area contributed by atoms with Crippen molar-refractivity contribution in [2.75, 3.05) is 36.5 Å². The molecule has 0 radical (unpaired) electrons. The first-order chi connectivity index (χ1) is 13.8. The van der Waals surface area contributed by atoms with E-state index in [2.05, 4.69) is 5.32 Å². The van der Waals surface area contributed by atoms with Gasteiger partial charge in [-0.15, -0.1) is 0 Å². The Morgan fingerprint density at radius 3 is 2.03 bits per heavy atom. The molecule has 2 aromatic carbocycles. The highest BCUT2D eigenvalue weighted by Crippen LogP contribution is 2.25. The van der Waals surface area contributed by atoms with Gasteiger partial charge in [-0.3, -0.25) is 9.10 Å². The largest absolute Gasteiger partial charge is 0.324 e. The second kappa shape index (κ2) is 9.15. The summed E-state index contributed by atoms with van der Waals surface area (Å²) in [4.78, 5) is 12.6. The quantitative estimate of drug-likeness (QED) is 0.661. The molecule has 0 aromatic heterocycles. The van der Waals surface area contributed by atoms with Crippen LogP contribution in [0.5, 0.6) is 0 Å². The second-order valence-corrected chi connectivity index (χ2v) is 11.4. The maximum Gasteiger partial charge on any atom is 0.245 e. The molecule has 0 fully saturated rings. The van der Waals surface area contributed by atoms with Gasteiger partial charge in [-0.25, -0.2) is 21.1 Å². The van der Waals surface area contributed by atoms with Gasteiger partial charge in [-0.05, 0) is 41.8 Å². The van der Waals surface area contributed by atoms with E-state index in [0.717, 1.165) is 20.4 Å². The van der Waals surface area contributed by atoms with Gasteiger partial charge in [0.2, 0.25) is 26.0 Å². The standard InChI is InChI=1S/C20H27N3O5S2/c1-15(2)18-8-6-7-9-19(18)21-20(24)14-23(29(5,25)26)16-10-12-17(13-11-16)30(27,28)22(3)4/h6-13,15H,14H2,1-5H3,(H,21,24). The molecule has 8 nitrogen and oxygen atoms in total. The molecule has 164 valence electrons. The number of amides is 1. The maximum absolute atomic E-state index is 12.6. The highest BCUT2D eigenvalue weighted by Gasteiger charge is 2.23. The zero-order valence-corrected chi connectivity index (χ0v) is 19.3. The van der Waals surface area contributed by atoms with Gasteiger partial charge in [0.05, 0.1) is 16.8 Å². The maximum atomic E-state index is 12.6. The summed E-state index contributed by atoms with van der Waals surface area (Å²) in [6.45, 7) is 3.55. The van der Waals surface area contributed by atoms with Gasteiger partial charge in [-0.2, -0.15) is 0 Å². The third-order valence-corrected chi connectivity index (χ3v) is 7.42. The molecule has 2 rings (SSSR count). The molecule has 1 amide bonds. The Hall–Kier alpha value is -2.43. The molecule has 0 saturated carbocycles. The van der Waals surface area contributed by atoms with Crippen LogP contribution in [0.4, 0.5) is 11.4 Å². The number of anilines is 2. The summed E-state index contributed by atoms with van der Waals surface area (Å²) in [6.07, 6.45) is 0.993. The van der Waals surface area contributed by atoms with E-state index in [0.29, 0.717) is 5.69 Å². The first-order valence-electron chi connectivity index (χ1n) is 9.23. The topological polar surface area (TPSA) is 104 Å². The molecule has 0 aliphatic rings. The van der Waals surface area contributed by atoms with E-state index in [4.69, 9.17) is 0 Å². The number of hydrogen-bond donors (Lipinski definition) is 1. The van der Waals surface area contributed by atoms with Crippen LogP contribution in [0.2, 0.25) is 0 Å². The molecule has 0 unspecified atom stereocenters. The highest BCUT2D eigenvalue weighted by molar-refractivity contribution is 7.92. The van der Waals surface area contributed by atoms with Crippen molar-refractivity contribution in [2.45, 2.75) is 24.7 Å². The lowest BCUT2D eigenvalue weighted by Crippen LogP contribution is -2.37. The van der Waals surface area contributed by atoms with Crippen LogP contribution in [0.1, 0.15) is 25.3 Å². The lowest BCUT2D eigenvalue weighted by Gasteiger charge is -2.23. The lowest BCUT2D eigenvalue weighted by atomic mass is 10.0. The summed E-state index contributed by atoms with van der Waals surface area (Å²) >= 11 is 0. The van der Waals surface area contributed by atoms with Crippen LogP contribution in [0.3, 0.4) is 0 Å². The lowest BCUT2D eigenvalue weighted by molar-refractivity contribution is -0.114. The summed E-state index contributed by atoms with van der Waals surface area (Å²) in [6, 6.07) is 12.7. The Bertz CT molecular complexity index is 1110.